The molecule has 0 aromatic heterocycles. The minimum absolute atomic E-state index is 0.189. The molecule has 1 amide bonds. The van der Waals surface area contributed by atoms with E-state index in [4.69, 9.17) is 4.74 Å². The number of benzene rings is 1. The minimum atomic E-state index is -0.438. The van der Waals surface area contributed by atoms with Gasteiger partial charge < -0.3 is 15.0 Å². The second-order valence-electron chi connectivity index (χ2n) is 7.46. The molecule has 1 aliphatic rings. The number of rotatable bonds is 4. The summed E-state index contributed by atoms with van der Waals surface area (Å²) in [4.78, 5) is 14.2. The Hall–Kier alpha value is -1.55. The van der Waals surface area contributed by atoms with Gasteiger partial charge in [0.15, 0.2) is 0 Å². The molecule has 0 saturated carbocycles. The lowest BCUT2D eigenvalue weighted by atomic mass is 10.0. The van der Waals surface area contributed by atoms with Gasteiger partial charge in [0.2, 0.25) is 0 Å². The number of nitrogens with zero attached hydrogens (tertiary/aromatic N) is 1. The number of likely N-dealkylation sites (tertiary alicyclic amines) is 1. The lowest BCUT2D eigenvalue weighted by molar-refractivity contribution is 0.0225. The Morgan fingerprint density at radius 2 is 2.09 bits per heavy atom. The van der Waals surface area contributed by atoms with Gasteiger partial charge in [-0.1, -0.05) is 24.3 Å². The Bertz CT molecular complexity index is 536. The summed E-state index contributed by atoms with van der Waals surface area (Å²) >= 11 is 0. The van der Waals surface area contributed by atoms with Crippen molar-refractivity contribution in [1.82, 2.24) is 10.2 Å². The van der Waals surface area contributed by atoms with Gasteiger partial charge in [0.1, 0.15) is 5.60 Å². The van der Waals surface area contributed by atoms with Crippen molar-refractivity contribution in [3.05, 3.63) is 35.4 Å². The maximum Gasteiger partial charge on any atom is 0.410 e. The first-order chi connectivity index (χ1) is 10.8. The van der Waals surface area contributed by atoms with Crippen molar-refractivity contribution in [1.29, 1.82) is 0 Å². The fraction of sp³-hybridized carbons (Fsp3) is 0.632. The largest absolute Gasteiger partial charge is 0.444 e. The first kappa shape index (κ1) is 17.8. The summed E-state index contributed by atoms with van der Waals surface area (Å²) in [6, 6.07) is 8.92. The van der Waals surface area contributed by atoms with Crippen LogP contribution in [0, 0.1) is 6.92 Å². The molecule has 1 aromatic carbocycles. The van der Waals surface area contributed by atoms with E-state index in [9.17, 15) is 4.79 Å². The quantitative estimate of drug-likeness (QED) is 0.911. The zero-order valence-corrected chi connectivity index (χ0v) is 15.1. The van der Waals surface area contributed by atoms with Gasteiger partial charge in [-0.3, -0.25) is 0 Å². The Morgan fingerprint density at radius 3 is 2.74 bits per heavy atom. The van der Waals surface area contributed by atoms with Gasteiger partial charge >= 0.3 is 6.09 Å². The van der Waals surface area contributed by atoms with Crippen molar-refractivity contribution in [3.63, 3.8) is 0 Å². The summed E-state index contributed by atoms with van der Waals surface area (Å²) in [7, 11) is 0. The highest BCUT2D eigenvalue weighted by Crippen LogP contribution is 2.22. The first-order valence-corrected chi connectivity index (χ1v) is 8.56. The minimum Gasteiger partial charge on any atom is -0.444 e. The van der Waals surface area contributed by atoms with Gasteiger partial charge in [0.25, 0.3) is 0 Å². The van der Waals surface area contributed by atoms with E-state index < -0.39 is 5.60 Å². The van der Waals surface area contributed by atoms with E-state index in [0.29, 0.717) is 0 Å². The normalized spacial score (nSPS) is 19.7. The Morgan fingerprint density at radius 1 is 1.39 bits per heavy atom. The zero-order chi connectivity index (χ0) is 17.0. The standard InChI is InChI=1S/C19H30N2O2/c1-14-9-6-7-11-17(14)15(2)20-13-16-10-8-12-21(16)18(22)23-19(3,4)5/h6-7,9,11,15-16,20H,8,10,12-13H2,1-5H3/t15-,16?/m0/s1. The lowest BCUT2D eigenvalue weighted by Gasteiger charge is -2.29. The van der Waals surface area contributed by atoms with Gasteiger partial charge in [-0.25, -0.2) is 4.79 Å². The van der Waals surface area contributed by atoms with Gasteiger partial charge in [0, 0.05) is 25.2 Å². The van der Waals surface area contributed by atoms with Crippen LogP contribution in [0.15, 0.2) is 24.3 Å². The molecule has 1 saturated heterocycles. The molecule has 0 radical (unpaired) electrons. The Kier molecular flexibility index (Phi) is 5.69. The van der Waals surface area contributed by atoms with Crippen LogP contribution in [0.25, 0.3) is 0 Å². The maximum absolute atomic E-state index is 12.3. The van der Waals surface area contributed by atoms with Crippen LogP contribution >= 0.6 is 0 Å². The molecule has 1 fully saturated rings. The topological polar surface area (TPSA) is 41.6 Å². The molecular weight excluding hydrogens is 288 g/mol. The number of ether oxygens (including phenoxy) is 1. The molecule has 2 rings (SSSR count). The smallest absolute Gasteiger partial charge is 0.410 e. The van der Waals surface area contributed by atoms with Crippen LogP contribution in [0.1, 0.15) is 57.7 Å². The zero-order valence-electron chi connectivity index (χ0n) is 15.1. The third kappa shape index (κ3) is 4.96. The number of hydrogen-bond acceptors (Lipinski definition) is 3. The highest BCUT2D eigenvalue weighted by atomic mass is 16.6. The molecule has 1 N–H and O–H groups in total. The van der Waals surface area contributed by atoms with Crippen LogP contribution in [0.2, 0.25) is 0 Å². The summed E-state index contributed by atoms with van der Waals surface area (Å²) in [6.45, 7) is 11.6. The molecule has 0 spiro atoms. The molecule has 1 aliphatic heterocycles. The summed E-state index contributed by atoms with van der Waals surface area (Å²) in [5, 5.41) is 3.58. The van der Waals surface area contributed by atoms with Crippen LogP contribution in [-0.4, -0.2) is 35.7 Å². The van der Waals surface area contributed by atoms with E-state index in [1.165, 1.54) is 11.1 Å². The third-order valence-corrected chi connectivity index (χ3v) is 4.32. The van der Waals surface area contributed by atoms with E-state index in [2.05, 4.69) is 43.4 Å². The molecule has 4 nitrogen and oxygen atoms in total. The number of amides is 1. The molecule has 23 heavy (non-hydrogen) atoms. The van der Waals surface area contributed by atoms with E-state index >= 15 is 0 Å². The second-order valence-corrected chi connectivity index (χ2v) is 7.46. The SMILES string of the molecule is Cc1ccccc1[C@H](C)NCC1CCCN1C(=O)OC(C)(C)C. The molecule has 0 aliphatic carbocycles. The van der Waals surface area contributed by atoms with Crippen molar-refractivity contribution >= 4 is 6.09 Å². The molecule has 4 heteroatoms. The van der Waals surface area contributed by atoms with Crippen molar-refractivity contribution in [2.45, 2.75) is 65.1 Å². The van der Waals surface area contributed by atoms with Crippen LogP contribution in [0.4, 0.5) is 4.79 Å². The van der Waals surface area contributed by atoms with Crippen molar-refractivity contribution in [2.75, 3.05) is 13.1 Å². The van der Waals surface area contributed by atoms with Crippen LogP contribution in [-0.2, 0) is 4.74 Å². The van der Waals surface area contributed by atoms with E-state index in [1.807, 2.05) is 25.7 Å². The predicted octanol–water partition coefficient (Wildman–Crippen LogP) is 4.05. The van der Waals surface area contributed by atoms with Gasteiger partial charge in [0.05, 0.1) is 0 Å². The molecular formula is C19H30N2O2. The number of nitrogens with one attached hydrogen (secondary N) is 1. The monoisotopic (exact) mass is 318 g/mol. The van der Waals surface area contributed by atoms with E-state index in [1.54, 1.807) is 0 Å². The van der Waals surface area contributed by atoms with E-state index in [0.717, 1.165) is 25.9 Å². The van der Waals surface area contributed by atoms with Crippen molar-refractivity contribution < 1.29 is 9.53 Å². The summed E-state index contributed by atoms with van der Waals surface area (Å²) in [6.07, 6.45) is 1.89. The highest BCUT2D eigenvalue weighted by Gasteiger charge is 2.32. The Labute approximate surface area is 140 Å². The average Bonchev–Trinajstić information content (AvgIpc) is 2.92. The van der Waals surface area contributed by atoms with Crippen molar-refractivity contribution in [3.8, 4) is 0 Å². The molecule has 0 bridgehead atoms. The van der Waals surface area contributed by atoms with E-state index in [-0.39, 0.29) is 18.2 Å². The van der Waals surface area contributed by atoms with Crippen molar-refractivity contribution in [2.24, 2.45) is 0 Å². The van der Waals surface area contributed by atoms with Crippen LogP contribution in [0.5, 0.6) is 0 Å². The Balaban J connectivity index is 1.92. The number of carbonyl (C=O) groups excluding carboxylic acids is 1. The van der Waals surface area contributed by atoms with Gasteiger partial charge in [-0.05, 0) is 58.6 Å². The lowest BCUT2D eigenvalue weighted by Crippen LogP contribution is -2.44. The molecule has 1 heterocycles. The predicted molar refractivity (Wildman–Crippen MR) is 93.6 cm³/mol. The van der Waals surface area contributed by atoms with Crippen LogP contribution < -0.4 is 5.32 Å². The average molecular weight is 318 g/mol. The van der Waals surface area contributed by atoms with Gasteiger partial charge in [-0.15, -0.1) is 0 Å². The molecule has 1 unspecified atom stereocenters. The number of aryl methyl sites for hydroxylation is 1. The second kappa shape index (κ2) is 7.35. The number of hydrogen-bond donors (Lipinski definition) is 1. The molecule has 128 valence electrons. The third-order valence-electron chi connectivity index (χ3n) is 4.32. The summed E-state index contributed by atoms with van der Waals surface area (Å²) < 4.78 is 5.52. The summed E-state index contributed by atoms with van der Waals surface area (Å²) in [5.41, 5.74) is 2.17. The van der Waals surface area contributed by atoms with Gasteiger partial charge in [-0.2, -0.15) is 0 Å². The number of carbonyl (C=O) groups is 1. The maximum atomic E-state index is 12.3. The summed E-state index contributed by atoms with van der Waals surface area (Å²) in [5.74, 6) is 0. The fourth-order valence-corrected chi connectivity index (χ4v) is 3.10. The molecule has 1 aromatic rings. The fourth-order valence-electron chi connectivity index (χ4n) is 3.10. The van der Waals surface area contributed by atoms with Crippen LogP contribution in [0.3, 0.4) is 0 Å². The molecule has 2 atom stereocenters. The highest BCUT2D eigenvalue weighted by molar-refractivity contribution is 5.69. The first-order valence-electron chi connectivity index (χ1n) is 8.56.